The average molecular weight is 223 g/mol. The molecule has 0 saturated heterocycles. The van der Waals surface area contributed by atoms with Crippen molar-refractivity contribution in [1.29, 1.82) is 0 Å². The van der Waals surface area contributed by atoms with Crippen LogP contribution in [0.1, 0.15) is 25.7 Å². The van der Waals surface area contributed by atoms with Gasteiger partial charge in [-0.3, -0.25) is 0 Å². The Morgan fingerprint density at radius 2 is 1.76 bits per heavy atom. The van der Waals surface area contributed by atoms with Crippen molar-refractivity contribution >= 4 is 5.69 Å². The van der Waals surface area contributed by atoms with Crippen molar-refractivity contribution in [3.8, 4) is 0 Å². The van der Waals surface area contributed by atoms with E-state index in [1.54, 1.807) is 0 Å². The molecule has 17 heavy (non-hydrogen) atoms. The molecule has 2 aliphatic rings. The summed E-state index contributed by atoms with van der Waals surface area (Å²) in [6.45, 7) is 0. The van der Waals surface area contributed by atoms with E-state index in [9.17, 15) is 0 Å². The quantitative estimate of drug-likeness (QED) is 0.782. The monoisotopic (exact) mass is 223 g/mol. The molecule has 0 fully saturated rings. The molecular weight excluding hydrogens is 206 g/mol. The number of allylic oxidation sites excluding steroid dienone is 6. The zero-order chi connectivity index (χ0) is 11.5. The lowest BCUT2D eigenvalue weighted by Gasteiger charge is -2.21. The third-order valence-electron chi connectivity index (χ3n) is 3.40. The highest BCUT2D eigenvalue weighted by Gasteiger charge is 2.13. The molecule has 1 N–H and O–H groups in total. The van der Waals surface area contributed by atoms with Crippen molar-refractivity contribution in [3.05, 3.63) is 65.4 Å². The predicted molar refractivity (Wildman–Crippen MR) is 72.8 cm³/mol. The van der Waals surface area contributed by atoms with Crippen molar-refractivity contribution in [2.75, 3.05) is 5.32 Å². The Morgan fingerprint density at radius 1 is 0.882 bits per heavy atom. The molecule has 1 heteroatoms. The SMILES string of the molecule is C1=CC2=C(C=C(Nc3ccccc3)CC2)CC1. The van der Waals surface area contributed by atoms with Gasteiger partial charge in [0.2, 0.25) is 0 Å². The molecule has 0 bridgehead atoms. The molecule has 1 aromatic carbocycles. The number of hydrogen-bond acceptors (Lipinski definition) is 1. The summed E-state index contributed by atoms with van der Waals surface area (Å²) >= 11 is 0. The number of benzene rings is 1. The number of nitrogens with one attached hydrogen (secondary N) is 1. The number of hydrogen-bond donors (Lipinski definition) is 1. The summed E-state index contributed by atoms with van der Waals surface area (Å²) in [4.78, 5) is 0. The summed E-state index contributed by atoms with van der Waals surface area (Å²) < 4.78 is 0. The highest BCUT2D eigenvalue weighted by atomic mass is 14.9. The summed E-state index contributed by atoms with van der Waals surface area (Å²) in [5.41, 5.74) is 5.60. The maximum atomic E-state index is 3.52. The molecule has 3 rings (SSSR count). The number of rotatable bonds is 2. The summed E-state index contributed by atoms with van der Waals surface area (Å²) in [5, 5.41) is 3.52. The fourth-order valence-corrected chi connectivity index (χ4v) is 2.50. The Balaban J connectivity index is 1.79. The minimum Gasteiger partial charge on any atom is -0.359 e. The summed E-state index contributed by atoms with van der Waals surface area (Å²) in [6.07, 6.45) is 11.6. The van der Waals surface area contributed by atoms with Gasteiger partial charge in [0.05, 0.1) is 0 Å². The molecule has 2 aliphatic carbocycles. The largest absolute Gasteiger partial charge is 0.359 e. The molecule has 0 spiro atoms. The van der Waals surface area contributed by atoms with Crippen LogP contribution in [0.5, 0.6) is 0 Å². The van der Waals surface area contributed by atoms with Crippen molar-refractivity contribution in [3.63, 3.8) is 0 Å². The van der Waals surface area contributed by atoms with Gasteiger partial charge >= 0.3 is 0 Å². The molecule has 1 aromatic rings. The van der Waals surface area contributed by atoms with E-state index in [0.29, 0.717) is 0 Å². The average Bonchev–Trinajstić information content (AvgIpc) is 2.40. The van der Waals surface area contributed by atoms with E-state index in [-0.39, 0.29) is 0 Å². The van der Waals surface area contributed by atoms with Crippen LogP contribution in [0, 0.1) is 0 Å². The smallest absolute Gasteiger partial charge is 0.0381 e. The highest BCUT2D eigenvalue weighted by molar-refractivity contribution is 5.51. The lowest BCUT2D eigenvalue weighted by molar-refractivity contribution is 0.855. The second-order valence-corrected chi connectivity index (χ2v) is 4.65. The van der Waals surface area contributed by atoms with E-state index >= 15 is 0 Å². The van der Waals surface area contributed by atoms with Crippen LogP contribution < -0.4 is 5.32 Å². The van der Waals surface area contributed by atoms with Crippen LogP contribution in [0.3, 0.4) is 0 Å². The van der Waals surface area contributed by atoms with Crippen LogP contribution in [0.4, 0.5) is 5.69 Å². The summed E-state index contributed by atoms with van der Waals surface area (Å²) in [5.74, 6) is 0. The van der Waals surface area contributed by atoms with Crippen molar-refractivity contribution in [2.24, 2.45) is 0 Å². The highest BCUT2D eigenvalue weighted by Crippen LogP contribution is 2.31. The van der Waals surface area contributed by atoms with E-state index in [2.05, 4.69) is 47.8 Å². The molecule has 0 aliphatic heterocycles. The van der Waals surface area contributed by atoms with Crippen LogP contribution in [0.15, 0.2) is 65.4 Å². The van der Waals surface area contributed by atoms with Gasteiger partial charge in [-0.1, -0.05) is 30.4 Å². The van der Waals surface area contributed by atoms with Crippen molar-refractivity contribution in [1.82, 2.24) is 0 Å². The van der Waals surface area contributed by atoms with Gasteiger partial charge in [-0.2, -0.15) is 0 Å². The van der Waals surface area contributed by atoms with Crippen LogP contribution in [-0.2, 0) is 0 Å². The van der Waals surface area contributed by atoms with Crippen molar-refractivity contribution in [2.45, 2.75) is 25.7 Å². The molecule has 0 amide bonds. The first-order valence-corrected chi connectivity index (χ1v) is 6.33. The Hall–Kier alpha value is -1.76. The molecule has 0 aromatic heterocycles. The Bertz CT molecular complexity index is 492. The fourth-order valence-electron chi connectivity index (χ4n) is 2.50. The minimum atomic E-state index is 1.12. The summed E-state index contributed by atoms with van der Waals surface area (Å²) in [7, 11) is 0. The first-order valence-electron chi connectivity index (χ1n) is 6.33. The zero-order valence-electron chi connectivity index (χ0n) is 9.95. The molecule has 86 valence electrons. The zero-order valence-corrected chi connectivity index (χ0v) is 9.95. The van der Waals surface area contributed by atoms with Gasteiger partial charge in [-0.05, 0) is 55.0 Å². The second-order valence-electron chi connectivity index (χ2n) is 4.65. The van der Waals surface area contributed by atoms with Gasteiger partial charge in [0, 0.05) is 11.4 Å². The van der Waals surface area contributed by atoms with Gasteiger partial charge in [-0.25, -0.2) is 0 Å². The summed E-state index contributed by atoms with van der Waals surface area (Å²) in [6, 6.07) is 10.4. The first-order chi connectivity index (χ1) is 8.42. The molecule has 0 radical (unpaired) electrons. The lowest BCUT2D eigenvalue weighted by Crippen LogP contribution is -2.07. The van der Waals surface area contributed by atoms with Gasteiger partial charge in [0.1, 0.15) is 0 Å². The fraction of sp³-hybridized carbons (Fsp3) is 0.250. The number of para-hydroxylation sites is 1. The standard InChI is InChI=1S/C16H17N/c1-2-8-15(9-3-1)17-16-11-10-13-6-4-5-7-14(13)12-16/h1-4,6,8-9,12,17H,5,7,10-11H2. The maximum Gasteiger partial charge on any atom is 0.0381 e. The van der Waals surface area contributed by atoms with Gasteiger partial charge in [0.15, 0.2) is 0 Å². The molecule has 1 nitrogen and oxygen atoms in total. The van der Waals surface area contributed by atoms with Gasteiger partial charge < -0.3 is 5.32 Å². The number of anilines is 1. The molecule has 0 atom stereocenters. The van der Waals surface area contributed by atoms with Crippen LogP contribution in [-0.4, -0.2) is 0 Å². The van der Waals surface area contributed by atoms with Gasteiger partial charge in [-0.15, -0.1) is 0 Å². The molecule has 0 saturated carbocycles. The Labute approximate surface area is 103 Å². The Morgan fingerprint density at radius 3 is 2.65 bits per heavy atom. The first kappa shape index (κ1) is 10.4. The Kier molecular flexibility index (Phi) is 2.83. The van der Waals surface area contributed by atoms with Crippen molar-refractivity contribution < 1.29 is 0 Å². The second kappa shape index (κ2) is 4.62. The van der Waals surface area contributed by atoms with E-state index < -0.39 is 0 Å². The maximum absolute atomic E-state index is 3.52. The van der Waals surface area contributed by atoms with Crippen LogP contribution >= 0.6 is 0 Å². The molecule has 0 unspecified atom stereocenters. The lowest BCUT2D eigenvalue weighted by atomic mass is 9.89. The van der Waals surface area contributed by atoms with E-state index in [0.717, 1.165) is 6.42 Å². The molecular formula is C16H17N. The van der Waals surface area contributed by atoms with Crippen LogP contribution in [0.2, 0.25) is 0 Å². The van der Waals surface area contributed by atoms with Crippen LogP contribution in [0.25, 0.3) is 0 Å². The normalized spacial score (nSPS) is 18.7. The van der Waals surface area contributed by atoms with E-state index in [1.807, 2.05) is 6.07 Å². The molecule has 0 heterocycles. The topological polar surface area (TPSA) is 12.0 Å². The van der Waals surface area contributed by atoms with Gasteiger partial charge in [0.25, 0.3) is 0 Å². The third-order valence-corrected chi connectivity index (χ3v) is 3.40. The minimum absolute atomic E-state index is 1.12. The predicted octanol–water partition coefficient (Wildman–Crippen LogP) is 4.42. The van der Waals surface area contributed by atoms with E-state index in [4.69, 9.17) is 0 Å². The third kappa shape index (κ3) is 2.33. The van der Waals surface area contributed by atoms with E-state index in [1.165, 1.54) is 41.8 Å².